The lowest BCUT2D eigenvalue weighted by Gasteiger charge is -2.43. The van der Waals surface area contributed by atoms with Gasteiger partial charge in [-0.05, 0) is 124 Å². The first-order valence-electron chi connectivity index (χ1n) is 21.7. The van der Waals surface area contributed by atoms with Gasteiger partial charge >= 0.3 is 17.6 Å². The van der Waals surface area contributed by atoms with Crippen LogP contribution in [-0.2, 0) is 56.1 Å². The zero-order valence-corrected chi connectivity index (χ0v) is 36.4. The van der Waals surface area contributed by atoms with E-state index in [0.717, 1.165) is 29.5 Å². The van der Waals surface area contributed by atoms with Crippen molar-refractivity contribution in [3.63, 3.8) is 0 Å². The monoisotopic (exact) mass is 842 g/mol. The third kappa shape index (κ3) is 10.0. The predicted octanol–water partition coefficient (Wildman–Crippen LogP) is 8.82. The highest BCUT2D eigenvalue weighted by Crippen LogP contribution is 2.48. The van der Waals surface area contributed by atoms with E-state index in [9.17, 15) is 24.6 Å². The van der Waals surface area contributed by atoms with E-state index in [-0.39, 0.29) is 48.7 Å². The summed E-state index contributed by atoms with van der Waals surface area (Å²) in [6, 6.07) is 30.8. The van der Waals surface area contributed by atoms with Crippen LogP contribution in [0.15, 0.2) is 111 Å². The Morgan fingerprint density at radius 1 is 0.839 bits per heavy atom. The van der Waals surface area contributed by atoms with Crippen molar-refractivity contribution in [2.24, 2.45) is 5.92 Å². The molecule has 4 heterocycles. The Balaban J connectivity index is 1.29. The predicted molar refractivity (Wildman–Crippen MR) is 237 cm³/mol. The quantitative estimate of drug-likeness (QED) is 0.0753. The number of carbonyl (C=O) groups is 2. The van der Waals surface area contributed by atoms with Gasteiger partial charge in [0, 0.05) is 42.6 Å². The smallest absolute Gasteiger partial charge is 0.340 e. The SMILES string of the molecule is COC[C@@H](CCO)c1c(CO)c2ccc3c(c2oc1=O)[C@@H]1OC(=O)C[C@H](CCc2cccc(Cc4ccccc4)c2)Cc2ccc(cc2)CCC(=C(C)C)C(=O)O[C@@H]1C(C)(C)O3. The average Bonchev–Trinajstić information content (AvgIpc) is 3.24. The Morgan fingerprint density at radius 3 is 2.27 bits per heavy atom. The van der Waals surface area contributed by atoms with Crippen molar-refractivity contribution in [3.8, 4) is 5.75 Å². The molecule has 1 aromatic heterocycles. The summed E-state index contributed by atoms with van der Waals surface area (Å²) in [5.74, 6) is -1.44. The summed E-state index contributed by atoms with van der Waals surface area (Å²) in [5, 5.41) is 21.1. The Bertz CT molecular complexity index is 2450. The first kappa shape index (κ1) is 44.5. The number of fused-ring (bicyclic) bond motifs is 13. The van der Waals surface area contributed by atoms with Gasteiger partial charge in [-0.3, -0.25) is 4.79 Å². The molecule has 10 nitrogen and oxygen atoms in total. The second-order valence-corrected chi connectivity index (χ2v) is 17.5. The lowest BCUT2D eigenvalue weighted by molar-refractivity contribution is -0.188. The molecule has 3 aliphatic heterocycles. The molecule has 0 aliphatic carbocycles. The molecule has 0 saturated carbocycles. The Labute approximate surface area is 363 Å². The summed E-state index contributed by atoms with van der Waals surface area (Å²) in [7, 11) is 1.50. The standard InChI is InChI=1S/C52H58O10/c1-32(2)40-21-20-33-14-16-36(17-15-33)28-38(19-18-35-12-9-13-37(27-35)26-34-10-7-6-8-11-34)29-44(55)59-48-46-43(62-52(3,4)49(48)61-50(40)56)23-22-41-42(30-54)45(51(57)60-47(41)46)39(24-25-53)31-58-5/h6-17,22-23,27,38-39,48-49,53-54H,18-21,24-26,28-31H2,1-5H3/t38-,39-,48+,49+/m1/s1. The molecular weight excluding hydrogens is 785 g/mol. The molecule has 8 rings (SSSR count). The van der Waals surface area contributed by atoms with Crippen molar-refractivity contribution in [1.82, 2.24) is 0 Å². The van der Waals surface area contributed by atoms with Gasteiger partial charge in [0.15, 0.2) is 12.2 Å². The number of benzene rings is 4. The summed E-state index contributed by atoms with van der Waals surface area (Å²) >= 11 is 0. The Kier molecular flexibility index (Phi) is 14.1. The van der Waals surface area contributed by atoms with Gasteiger partial charge in [0.25, 0.3) is 0 Å². The molecule has 0 spiro atoms. The van der Waals surface area contributed by atoms with Crippen LogP contribution in [0.1, 0.15) is 110 Å². The third-order valence-corrected chi connectivity index (χ3v) is 12.3. The van der Waals surface area contributed by atoms with Gasteiger partial charge in [-0.15, -0.1) is 0 Å². The molecule has 4 aromatic carbocycles. The fourth-order valence-electron chi connectivity index (χ4n) is 9.12. The van der Waals surface area contributed by atoms with E-state index in [1.54, 1.807) is 26.0 Å². The van der Waals surface area contributed by atoms with Crippen LogP contribution >= 0.6 is 0 Å². The van der Waals surface area contributed by atoms with Crippen molar-refractivity contribution >= 4 is 22.9 Å². The molecule has 326 valence electrons. The van der Waals surface area contributed by atoms with Gasteiger partial charge < -0.3 is 33.6 Å². The Hall–Kier alpha value is -5.55. The minimum Gasteiger partial charge on any atom is -0.483 e. The van der Waals surface area contributed by atoms with E-state index in [2.05, 4.69) is 60.7 Å². The molecule has 0 amide bonds. The Morgan fingerprint density at radius 2 is 1.56 bits per heavy atom. The van der Waals surface area contributed by atoms with E-state index in [4.69, 9.17) is 23.4 Å². The van der Waals surface area contributed by atoms with Crippen molar-refractivity contribution < 1.29 is 43.2 Å². The van der Waals surface area contributed by atoms with Crippen LogP contribution in [0.3, 0.4) is 0 Å². The van der Waals surface area contributed by atoms with Crippen molar-refractivity contribution in [3.05, 3.63) is 157 Å². The number of esters is 2. The number of hydrogen-bond donors (Lipinski definition) is 2. The number of aryl methyl sites for hydroxylation is 2. The normalized spacial score (nSPS) is 19.5. The van der Waals surface area contributed by atoms with E-state index in [0.29, 0.717) is 48.0 Å². The average molecular weight is 843 g/mol. The molecule has 0 saturated heterocycles. The minimum atomic E-state index is -1.25. The highest BCUT2D eigenvalue weighted by Gasteiger charge is 2.51. The van der Waals surface area contributed by atoms with Gasteiger partial charge in [-0.25, -0.2) is 9.59 Å². The number of allylic oxidation sites excluding steroid dienone is 1. The molecule has 2 N–H and O–H groups in total. The number of hydrogen-bond acceptors (Lipinski definition) is 10. The fourth-order valence-corrected chi connectivity index (χ4v) is 9.12. The highest BCUT2D eigenvalue weighted by molar-refractivity contribution is 5.90. The van der Waals surface area contributed by atoms with Crippen LogP contribution in [0.2, 0.25) is 0 Å². The van der Waals surface area contributed by atoms with E-state index in [1.807, 2.05) is 32.0 Å². The van der Waals surface area contributed by atoms with Crippen LogP contribution in [0.25, 0.3) is 11.0 Å². The number of ether oxygens (including phenoxy) is 4. The number of carbonyl (C=O) groups excluding carboxylic acids is 2. The van der Waals surface area contributed by atoms with Crippen molar-refractivity contribution in [2.75, 3.05) is 20.3 Å². The summed E-state index contributed by atoms with van der Waals surface area (Å²) in [5.41, 5.74) is 5.98. The van der Waals surface area contributed by atoms with Gasteiger partial charge in [0.05, 0.1) is 18.8 Å². The zero-order chi connectivity index (χ0) is 44.0. The first-order valence-corrected chi connectivity index (χ1v) is 21.7. The van der Waals surface area contributed by atoms with Crippen molar-refractivity contribution in [2.45, 2.75) is 109 Å². The lowest BCUT2D eigenvalue weighted by Crippen LogP contribution is -2.52. The number of methoxy groups -OCH3 is 1. The molecule has 62 heavy (non-hydrogen) atoms. The molecule has 0 unspecified atom stereocenters. The van der Waals surface area contributed by atoms with E-state index >= 15 is 0 Å². The second kappa shape index (κ2) is 19.7. The van der Waals surface area contributed by atoms with Crippen LogP contribution in [0.4, 0.5) is 0 Å². The minimum absolute atomic E-state index is 0.0538. The number of aliphatic hydroxyl groups excluding tert-OH is 2. The third-order valence-electron chi connectivity index (χ3n) is 12.3. The van der Waals surface area contributed by atoms with E-state index < -0.39 is 47.9 Å². The summed E-state index contributed by atoms with van der Waals surface area (Å²) in [6.45, 7) is 6.68. The maximum Gasteiger partial charge on any atom is 0.340 e. The molecule has 2 bridgehead atoms. The highest BCUT2D eigenvalue weighted by atomic mass is 16.6. The zero-order valence-electron chi connectivity index (χ0n) is 36.4. The molecule has 0 fully saturated rings. The van der Waals surface area contributed by atoms with Crippen LogP contribution in [0, 0.1) is 5.92 Å². The molecule has 3 aliphatic rings. The van der Waals surface area contributed by atoms with Gasteiger partial charge in [-0.1, -0.05) is 84.4 Å². The second-order valence-electron chi connectivity index (χ2n) is 17.5. The molecule has 5 aromatic rings. The largest absolute Gasteiger partial charge is 0.483 e. The topological polar surface area (TPSA) is 142 Å². The van der Waals surface area contributed by atoms with Gasteiger partial charge in [0.2, 0.25) is 0 Å². The van der Waals surface area contributed by atoms with Gasteiger partial charge in [0.1, 0.15) is 16.9 Å². The maximum absolute atomic E-state index is 14.6. The van der Waals surface area contributed by atoms with E-state index in [1.165, 1.54) is 23.8 Å². The summed E-state index contributed by atoms with van der Waals surface area (Å²) in [6.07, 6.45) is 1.83. The molecule has 0 radical (unpaired) electrons. The molecule has 4 atom stereocenters. The lowest BCUT2D eigenvalue weighted by atomic mass is 9.85. The summed E-state index contributed by atoms with van der Waals surface area (Å²) < 4.78 is 31.0. The number of aliphatic hydroxyl groups is 2. The summed E-state index contributed by atoms with van der Waals surface area (Å²) in [4.78, 5) is 42.8. The first-order chi connectivity index (χ1) is 29.9. The van der Waals surface area contributed by atoms with Gasteiger partial charge in [-0.2, -0.15) is 0 Å². The number of rotatable bonds is 11. The molecular formula is C52H58O10. The fraction of sp³-hybridized carbons (Fsp3) is 0.404. The van der Waals surface area contributed by atoms with Crippen LogP contribution < -0.4 is 10.4 Å². The van der Waals surface area contributed by atoms with Crippen LogP contribution in [-0.4, -0.2) is 54.2 Å². The van der Waals surface area contributed by atoms with Crippen LogP contribution in [0.5, 0.6) is 5.75 Å². The molecule has 10 heteroatoms. The van der Waals surface area contributed by atoms with Crippen molar-refractivity contribution in [1.29, 1.82) is 0 Å². The maximum atomic E-state index is 14.6.